The van der Waals surface area contributed by atoms with Crippen LogP contribution in [0.3, 0.4) is 0 Å². The number of benzene rings is 1. The lowest BCUT2D eigenvalue weighted by molar-refractivity contribution is 0.391. The van der Waals surface area contributed by atoms with Gasteiger partial charge in [0.15, 0.2) is 4.34 Å². The summed E-state index contributed by atoms with van der Waals surface area (Å²) < 4.78 is 11.4. The fourth-order valence-corrected chi connectivity index (χ4v) is 3.71. The van der Waals surface area contributed by atoms with Crippen LogP contribution in [0.4, 0.5) is 5.13 Å². The standard InChI is InChI=1S/C15H15N5O2S2/c1-21-11-4-2-3-9(7-11)13-17-12(22-20-13)8-23-15-19-18-14(24-15)16-10-5-6-10/h2-4,7,10H,5-6,8H2,1H3,(H,16,18). The van der Waals surface area contributed by atoms with Gasteiger partial charge in [-0.3, -0.25) is 0 Å². The lowest BCUT2D eigenvalue weighted by atomic mass is 10.2. The normalized spacial score (nSPS) is 13.9. The molecule has 0 radical (unpaired) electrons. The smallest absolute Gasteiger partial charge is 0.237 e. The van der Waals surface area contributed by atoms with Crippen molar-refractivity contribution in [1.29, 1.82) is 0 Å². The summed E-state index contributed by atoms with van der Waals surface area (Å²) in [6.45, 7) is 0. The van der Waals surface area contributed by atoms with Crippen molar-refractivity contribution >= 4 is 28.2 Å². The number of hydrogen-bond donors (Lipinski definition) is 1. The van der Waals surface area contributed by atoms with Crippen molar-refractivity contribution < 1.29 is 9.26 Å². The van der Waals surface area contributed by atoms with Crippen LogP contribution in [0.1, 0.15) is 18.7 Å². The van der Waals surface area contributed by atoms with Crippen molar-refractivity contribution in [2.24, 2.45) is 0 Å². The Kier molecular flexibility index (Phi) is 4.35. The molecule has 0 atom stereocenters. The van der Waals surface area contributed by atoms with Gasteiger partial charge in [-0.15, -0.1) is 10.2 Å². The van der Waals surface area contributed by atoms with Crippen LogP contribution in [0.15, 0.2) is 33.1 Å². The third-order valence-corrected chi connectivity index (χ3v) is 5.40. The van der Waals surface area contributed by atoms with E-state index in [0.717, 1.165) is 20.8 Å². The van der Waals surface area contributed by atoms with Crippen LogP contribution in [0.2, 0.25) is 0 Å². The fraction of sp³-hybridized carbons (Fsp3) is 0.333. The molecule has 24 heavy (non-hydrogen) atoms. The minimum absolute atomic E-state index is 0.554. The number of anilines is 1. The molecule has 1 aliphatic carbocycles. The lowest BCUT2D eigenvalue weighted by Gasteiger charge is -1.99. The molecule has 1 aromatic carbocycles. The highest BCUT2D eigenvalue weighted by atomic mass is 32.2. The Bertz CT molecular complexity index is 831. The van der Waals surface area contributed by atoms with E-state index in [2.05, 4.69) is 25.7 Å². The van der Waals surface area contributed by atoms with E-state index in [0.29, 0.717) is 23.5 Å². The van der Waals surface area contributed by atoms with E-state index in [1.807, 2.05) is 24.3 Å². The highest BCUT2D eigenvalue weighted by Crippen LogP contribution is 2.31. The molecule has 3 aromatic rings. The molecule has 1 aliphatic rings. The first-order valence-corrected chi connectivity index (χ1v) is 9.30. The highest BCUT2D eigenvalue weighted by molar-refractivity contribution is 8.00. The molecule has 1 N–H and O–H groups in total. The van der Waals surface area contributed by atoms with Crippen LogP contribution in [0, 0.1) is 0 Å². The van der Waals surface area contributed by atoms with Crippen LogP contribution in [-0.4, -0.2) is 33.5 Å². The van der Waals surface area contributed by atoms with Crippen molar-refractivity contribution in [3.05, 3.63) is 30.2 Å². The highest BCUT2D eigenvalue weighted by Gasteiger charge is 2.22. The molecule has 124 valence electrons. The van der Waals surface area contributed by atoms with Gasteiger partial charge >= 0.3 is 0 Å². The first-order chi connectivity index (χ1) is 11.8. The summed E-state index contributed by atoms with van der Waals surface area (Å²) in [7, 11) is 1.63. The van der Waals surface area contributed by atoms with Crippen LogP contribution >= 0.6 is 23.1 Å². The summed E-state index contributed by atoms with van der Waals surface area (Å²) in [6.07, 6.45) is 2.44. The number of thioether (sulfide) groups is 1. The summed E-state index contributed by atoms with van der Waals surface area (Å²) in [4.78, 5) is 4.42. The van der Waals surface area contributed by atoms with Gasteiger partial charge in [0.1, 0.15) is 5.75 Å². The molecule has 0 spiro atoms. The largest absolute Gasteiger partial charge is 0.497 e. The first-order valence-electron chi connectivity index (χ1n) is 7.50. The van der Waals surface area contributed by atoms with E-state index in [4.69, 9.17) is 9.26 Å². The quantitative estimate of drug-likeness (QED) is 0.640. The van der Waals surface area contributed by atoms with Crippen LogP contribution < -0.4 is 10.1 Å². The van der Waals surface area contributed by atoms with Gasteiger partial charge in [-0.25, -0.2) is 0 Å². The topological polar surface area (TPSA) is 86.0 Å². The maximum Gasteiger partial charge on any atom is 0.237 e. The van der Waals surface area contributed by atoms with Gasteiger partial charge in [-0.2, -0.15) is 4.98 Å². The maximum atomic E-state index is 5.31. The van der Waals surface area contributed by atoms with Crippen molar-refractivity contribution in [3.63, 3.8) is 0 Å². The molecule has 0 saturated heterocycles. The third kappa shape index (κ3) is 3.68. The van der Waals surface area contributed by atoms with Gasteiger partial charge in [0.05, 0.1) is 12.9 Å². The molecule has 0 bridgehead atoms. The Morgan fingerprint density at radius 3 is 3.12 bits per heavy atom. The van der Waals surface area contributed by atoms with Crippen LogP contribution in [0.25, 0.3) is 11.4 Å². The monoisotopic (exact) mass is 361 g/mol. The summed E-state index contributed by atoms with van der Waals surface area (Å²) in [5, 5.41) is 16.5. The Hall–Kier alpha value is -2.13. The average Bonchev–Trinajstić information content (AvgIpc) is 3.11. The fourth-order valence-electron chi connectivity index (χ4n) is 2.05. The Labute approximate surface area is 146 Å². The predicted octanol–water partition coefficient (Wildman–Crippen LogP) is 3.46. The summed E-state index contributed by atoms with van der Waals surface area (Å²) in [5.41, 5.74) is 0.862. The zero-order chi connectivity index (χ0) is 16.4. The number of aromatic nitrogens is 4. The van der Waals surface area contributed by atoms with Gasteiger partial charge in [0.25, 0.3) is 0 Å². The summed E-state index contributed by atoms with van der Waals surface area (Å²) >= 11 is 3.09. The lowest BCUT2D eigenvalue weighted by Crippen LogP contribution is -1.99. The van der Waals surface area contributed by atoms with Gasteiger partial charge < -0.3 is 14.6 Å². The van der Waals surface area contributed by atoms with Crippen molar-refractivity contribution in [1.82, 2.24) is 20.3 Å². The minimum atomic E-state index is 0.554. The van der Waals surface area contributed by atoms with E-state index in [-0.39, 0.29) is 0 Å². The second-order valence-corrected chi connectivity index (χ2v) is 7.52. The minimum Gasteiger partial charge on any atom is -0.497 e. The molecule has 4 rings (SSSR count). The zero-order valence-electron chi connectivity index (χ0n) is 12.9. The van der Waals surface area contributed by atoms with Crippen molar-refractivity contribution in [2.45, 2.75) is 29.0 Å². The molecule has 2 aromatic heterocycles. The summed E-state index contributed by atoms with van der Waals surface area (Å²) in [5.74, 6) is 2.44. The number of nitrogens with one attached hydrogen (secondary N) is 1. The molecule has 7 nitrogen and oxygen atoms in total. The molecule has 1 saturated carbocycles. The number of hydrogen-bond acceptors (Lipinski definition) is 9. The van der Waals surface area contributed by atoms with Gasteiger partial charge in [-0.05, 0) is 25.0 Å². The molecule has 0 aliphatic heterocycles. The Balaban J connectivity index is 1.38. The van der Waals surface area contributed by atoms with Crippen molar-refractivity contribution in [3.8, 4) is 17.1 Å². The van der Waals surface area contributed by atoms with Crippen LogP contribution in [-0.2, 0) is 5.75 Å². The first kappa shape index (κ1) is 15.4. The Morgan fingerprint density at radius 1 is 1.38 bits per heavy atom. The summed E-state index contributed by atoms with van der Waals surface area (Å²) in [6, 6.07) is 8.15. The molecular formula is C15H15N5O2S2. The zero-order valence-corrected chi connectivity index (χ0v) is 14.6. The second kappa shape index (κ2) is 6.78. The van der Waals surface area contributed by atoms with Gasteiger partial charge in [0, 0.05) is 11.6 Å². The molecule has 1 fully saturated rings. The molecule has 9 heteroatoms. The second-order valence-electron chi connectivity index (χ2n) is 5.32. The maximum absolute atomic E-state index is 5.31. The van der Waals surface area contributed by atoms with E-state index < -0.39 is 0 Å². The number of methoxy groups -OCH3 is 1. The van der Waals surface area contributed by atoms with E-state index >= 15 is 0 Å². The van der Waals surface area contributed by atoms with E-state index in [1.165, 1.54) is 12.8 Å². The number of ether oxygens (including phenoxy) is 1. The van der Waals surface area contributed by atoms with E-state index in [1.54, 1.807) is 30.2 Å². The van der Waals surface area contributed by atoms with E-state index in [9.17, 15) is 0 Å². The van der Waals surface area contributed by atoms with Gasteiger partial charge in [0.2, 0.25) is 16.8 Å². The SMILES string of the molecule is COc1cccc(-c2noc(CSc3nnc(NC4CC4)s3)n2)c1. The van der Waals surface area contributed by atoms with Crippen LogP contribution in [0.5, 0.6) is 5.75 Å². The van der Waals surface area contributed by atoms with Crippen molar-refractivity contribution in [2.75, 3.05) is 12.4 Å². The number of rotatable bonds is 7. The molecule has 0 amide bonds. The predicted molar refractivity (Wildman–Crippen MR) is 92.4 cm³/mol. The molecule has 2 heterocycles. The van der Waals surface area contributed by atoms with Gasteiger partial charge in [-0.1, -0.05) is 40.4 Å². The molecule has 0 unspecified atom stereocenters. The third-order valence-electron chi connectivity index (χ3n) is 3.43. The Morgan fingerprint density at radius 2 is 2.29 bits per heavy atom. The molecular weight excluding hydrogens is 346 g/mol. The average molecular weight is 361 g/mol. The number of nitrogens with zero attached hydrogens (tertiary/aromatic N) is 4.